The van der Waals surface area contributed by atoms with Crippen molar-refractivity contribution < 1.29 is 37.8 Å². The van der Waals surface area contributed by atoms with Gasteiger partial charge in [-0.05, 0) is 18.1 Å². The lowest BCUT2D eigenvalue weighted by atomic mass is 10.1. The largest absolute Gasteiger partial charge is 0.463 e. The Morgan fingerprint density at radius 1 is 1.05 bits per heavy atom. The van der Waals surface area contributed by atoms with Crippen LogP contribution >= 0.6 is 0 Å². The molecule has 0 bridgehead atoms. The van der Waals surface area contributed by atoms with Crippen LogP contribution in [0.3, 0.4) is 0 Å². The first-order chi connectivity index (χ1) is 18.1. The number of carbonyl (C=O) groups is 3. The highest BCUT2D eigenvalue weighted by atomic mass is 28.4. The third-order valence-corrected chi connectivity index (χ3v) is 11.1. The highest BCUT2D eigenvalue weighted by Crippen LogP contribution is 2.38. The van der Waals surface area contributed by atoms with Crippen molar-refractivity contribution in [1.82, 2.24) is 24.3 Å². The molecule has 1 aliphatic heterocycles. The van der Waals surface area contributed by atoms with E-state index in [1.54, 1.807) is 0 Å². The van der Waals surface area contributed by atoms with Gasteiger partial charge in [-0.15, -0.1) is 0 Å². The van der Waals surface area contributed by atoms with Crippen molar-refractivity contribution in [1.29, 1.82) is 0 Å². The Labute approximate surface area is 226 Å². The molecule has 3 rings (SSSR count). The van der Waals surface area contributed by atoms with E-state index in [0.29, 0.717) is 5.56 Å². The molecule has 4 atom stereocenters. The van der Waals surface area contributed by atoms with Crippen molar-refractivity contribution in [3.63, 3.8) is 0 Å². The number of aromatic nitrogens is 5. The Kier molecular flexibility index (Phi) is 9.07. The van der Waals surface area contributed by atoms with Gasteiger partial charge in [0.05, 0.1) is 6.61 Å². The Morgan fingerprint density at radius 2 is 1.69 bits per heavy atom. The van der Waals surface area contributed by atoms with Gasteiger partial charge in [0.2, 0.25) is 0 Å². The minimum absolute atomic E-state index is 0.0849. The van der Waals surface area contributed by atoms with Gasteiger partial charge in [-0.3, -0.25) is 19.0 Å². The van der Waals surface area contributed by atoms with Gasteiger partial charge in [0.1, 0.15) is 25.4 Å². The number of hydrogen-bond acceptors (Lipinski definition) is 12. The molecule has 39 heavy (non-hydrogen) atoms. The highest BCUT2D eigenvalue weighted by molar-refractivity contribution is 6.74. The van der Waals surface area contributed by atoms with Crippen molar-refractivity contribution >= 4 is 26.2 Å². The van der Waals surface area contributed by atoms with Gasteiger partial charge in [-0.2, -0.15) is 10.1 Å². The van der Waals surface area contributed by atoms with Crippen LogP contribution in [0.15, 0.2) is 23.6 Å². The van der Waals surface area contributed by atoms with Gasteiger partial charge in [-0.25, -0.2) is 14.5 Å². The normalized spacial score (nSPS) is 21.4. The Bertz CT molecular complexity index is 1260. The van der Waals surface area contributed by atoms with E-state index in [1.165, 1.54) is 44.3 Å². The molecule has 1 fully saturated rings. The second kappa shape index (κ2) is 11.8. The van der Waals surface area contributed by atoms with Crippen LogP contribution in [-0.4, -0.2) is 75.5 Å². The summed E-state index contributed by atoms with van der Waals surface area (Å²) in [7, 11) is -2.22. The Balaban J connectivity index is 2.09. The summed E-state index contributed by atoms with van der Waals surface area (Å²) in [6.07, 6.45) is -0.480. The van der Waals surface area contributed by atoms with Gasteiger partial charge >= 0.3 is 23.6 Å². The molecule has 0 saturated carbocycles. The fourth-order valence-electron chi connectivity index (χ4n) is 3.69. The van der Waals surface area contributed by atoms with Crippen LogP contribution in [0.25, 0.3) is 5.82 Å². The molecule has 0 N–H and O–H groups in total. The fourth-order valence-corrected chi connectivity index (χ4v) is 4.64. The highest BCUT2D eigenvalue weighted by Gasteiger charge is 2.51. The fraction of sp³-hybridized carbons (Fsp3) is 0.625. The van der Waals surface area contributed by atoms with Crippen molar-refractivity contribution in [2.45, 2.75) is 90.8 Å². The predicted octanol–water partition coefficient (Wildman–Crippen LogP) is 1.67. The summed E-state index contributed by atoms with van der Waals surface area (Å²) in [6.45, 7) is 13.8. The maximum Gasteiger partial charge on any atom is 0.351 e. The molecule has 1 aliphatic rings. The van der Waals surface area contributed by atoms with Gasteiger partial charge in [0.15, 0.2) is 32.6 Å². The van der Waals surface area contributed by atoms with E-state index >= 15 is 0 Å². The van der Waals surface area contributed by atoms with Crippen LogP contribution in [-0.2, 0) is 44.4 Å². The van der Waals surface area contributed by atoms with Gasteiger partial charge in [-0.1, -0.05) is 20.8 Å². The van der Waals surface area contributed by atoms with Gasteiger partial charge < -0.3 is 23.4 Å². The summed E-state index contributed by atoms with van der Waals surface area (Å²) in [5, 5.41) is 4.02. The van der Waals surface area contributed by atoms with Crippen LogP contribution in [0.2, 0.25) is 18.1 Å². The number of hydrogen-bond donors (Lipinski definition) is 0. The molecule has 214 valence electrons. The summed E-state index contributed by atoms with van der Waals surface area (Å²) < 4.78 is 30.8. The lowest BCUT2D eigenvalue weighted by Gasteiger charge is -2.36. The van der Waals surface area contributed by atoms with E-state index in [2.05, 4.69) is 48.9 Å². The van der Waals surface area contributed by atoms with Gasteiger partial charge in [0.25, 0.3) is 0 Å². The first-order valence-corrected chi connectivity index (χ1v) is 15.3. The van der Waals surface area contributed by atoms with Crippen LogP contribution < -0.4 is 5.69 Å². The molecule has 1 saturated heterocycles. The molecule has 15 heteroatoms. The number of rotatable bonds is 9. The topological polar surface area (TPSA) is 163 Å². The van der Waals surface area contributed by atoms with Crippen molar-refractivity contribution in [3.8, 4) is 5.82 Å². The smallest absolute Gasteiger partial charge is 0.351 e. The lowest BCUT2D eigenvalue weighted by Crippen LogP contribution is -2.42. The minimum atomic E-state index is -2.22. The zero-order chi connectivity index (χ0) is 29.1. The van der Waals surface area contributed by atoms with Gasteiger partial charge in [0, 0.05) is 32.5 Å². The van der Waals surface area contributed by atoms with E-state index in [9.17, 15) is 19.2 Å². The zero-order valence-corrected chi connectivity index (χ0v) is 24.4. The first-order valence-electron chi connectivity index (χ1n) is 12.3. The average Bonchev–Trinajstić information content (AvgIpc) is 3.45. The number of ether oxygens (including phenoxy) is 4. The number of carbonyl (C=O) groups excluding carboxylic acids is 3. The summed E-state index contributed by atoms with van der Waals surface area (Å²) in [5.41, 5.74) is -0.268. The summed E-state index contributed by atoms with van der Waals surface area (Å²) >= 11 is 0. The Hall–Kier alpha value is -3.43. The lowest BCUT2D eigenvalue weighted by molar-refractivity contribution is -0.166. The molecule has 0 radical (unpaired) electrons. The van der Waals surface area contributed by atoms with Crippen molar-refractivity contribution in [2.24, 2.45) is 0 Å². The quantitative estimate of drug-likeness (QED) is 0.246. The van der Waals surface area contributed by atoms with Crippen molar-refractivity contribution in [3.05, 3.63) is 34.9 Å². The van der Waals surface area contributed by atoms with E-state index in [0.717, 1.165) is 4.57 Å². The molecular formula is C24H35N5O9Si. The van der Waals surface area contributed by atoms with E-state index < -0.39 is 56.5 Å². The molecular weight excluding hydrogens is 530 g/mol. The maximum atomic E-state index is 13.3. The van der Waals surface area contributed by atoms with Crippen LogP contribution in [0, 0.1) is 0 Å². The summed E-state index contributed by atoms with van der Waals surface area (Å²) in [5.74, 6) is -1.75. The standard InChI is InChI=1S/C24H35N5O9Si/c1-14(30)34-11-18-19(36-15(2)31)20(37-16(3)32)22(38-18)28-9-17(10-35-39(7,8)24(4,5)6)21(27-23(28)33)29-13-25-12-26-29/h9,12-13,18-20,22H,10-11H2,1-8H3/t18-,19?,20?,22-/m1/s1. The van der Waals surface area contributed by atoms with E-state index in [-0.39, 0.29) is 24.1 Å². The molecule has 0 aliphatic carbocycles. The van der Waals surface area contributed by atoms with E-state index in [1.807, 2.05) is 0 Å². The molecule has 3 heterocycles. The number of esters is 3. The molecule has 2 aromatic rings. The number of nitrogens with zero attached hydrogens (tertiary/aromatic N) is 5. The summed E-state index contributed by atoms with van der Waals surface area (Å²) in [6, 6.07) is 0. The SMILES string of the molecule is CC(=O)OC[C@H]1O[C@@H](n2cc(CO[Si](C)(C)C(C)(C)C)c(-n3cncn3)nc2=O)C(OC(C)=O)C1OC(C)=O. The molecule has 2 unspecified atom stereocenters. The Morgan fingerprint density at radius 3 is 2.23 bits per heavy atom. The minimum Gasteiger partial charge on any atom is -0.463 e. The molecule has 0 spiro atoms. The maximum absolute atomic E-state index is 13.3. The summed E-state index contributed by atoms with van der Waals surface area (Å²) in [4.78, 5) is 56.8. The van der Waals surface area contributed by atoms with Crippen LogP contribution in [0.4, 0.5) is 0 Å². The zero-order valence-electron chi connectivity index (χ0n) is 23.4. The van der Waals surface area contributed by atoms with Crippen LogP contribution in [0.5, 0.6) is 0 Å². The van der Waals surface area contributed by atoms with Crippen molar-refractivity contribution in [2.75, 3.05) is 6.61 Å². The third-order valence-electron chi connectivity index (χ3n) is 6.65. The molecule has 0 aromatic carbocycles. The second-order valence-electron chi connectivity index (χ2n) is 10.7. The second-order valence-corrected chi connectivity index (χ2v) is 15.5. The monoisotopic (exact) mass is 565 g/mol. The molecule has 14 nitrogen and oxygen atoms in total. The van der Waals surface area contributed by atoms with Crippen LogP contribution in [0.1, 0.15) is 53.3 Å². The average molecular weight is 566 g/mol. The molecule has 2 aromatic heterocycles. The van der Waals surface area contributed by atoms with E-state index in [4.69, 9.17) is 23.4 Å². The molecule has 0 amide bonds. The predicted molar refractivity (Wildman–Crippen MR) is 137 cm³/mol. The third kappa shape index (κ3) is 7.16. The first kappa shape index (κ1) is 30.1.